The van der Waals surface area contributed by atoms with Gasteiger partial charge in [0.15, 0.2) is 0 Å². The van der Waals surface area contributed by atoms with Gasteiger partial charge < -0.3 is 10.8 Å². The van der Waals surface area contributed by atoms with Crippen LogP contribution in [0.4, 0.5) is 0 Å². The smallest absolute Gasteiger partial charge is 0.115 e. The van der Waals surface area contributed by atoms with Gasteiger partial charge in [-0.3, -0.25) is 4.98 Å². The third kappa shape index (κ3) is 2.28. The second-order valence-corrected chi connectivity index (χ2v) is 4.50. The number of nitrogens with two attached hydrogens (primary N) is 1. The highest BCUT2D eigenvalue weighted by Crippen LogP contribution is 2.23. The Morgan fingerprint density at radius 1 is 0.947 bits per heavy atom. The van der Waals surface area contributed by atoms with Gasteiger partial charge in [0.2, 0.25) is 0 Å². The number of phenolic OH excluding ortho intramolecular Hbond substituents is 1. The summed E-state index contributed by atoms with van der Waals surface area (Å²) in [7, 11) is 0. The molecule has 0 radical (unpaired) electrons. The molecule has 0 saturated carbocycles. The Balaban J connectivity index is 2.04. The Kier molecular flexibility index (Phi) is 2.89. The van der Waals surface area contributed by atoms with Crippen molar-refractivity contribution in [3.8, 4) is 5.75 Å². The molecule has 3 N–H and O–H groups in total. The van der Waals surface area contributed by atoms with Gasteiger partial charge in [-0.1, -0.05) is 36.4 Å². The Labute approximate surface area is 111 Å². The van der Waals surface area contributed by atoms with E-state index in [9.17, 15) is 5.11 Å². The fourth-order valence-corrected chi connectivity index (χ4v) is 2.14. The molecule has 0 aliphatic rings. The summed E-state index contributed by atoms with van der Waals surface area (Å²) in [5.41, 5.74) is 8.77. The summed E-state index contributed by atoms with van der Waals surface area (Å²) in [6.07, 6.45) is 0. The molecule has 1 aromatic heterocycles. The molecular formula is C16H14N2O. The zero-order valence-corrected chi connectivity index (χ0v) is 10.3. The number of pyridine rings is 1. The monoisotopic (exact) mass is 250 g/mol. The van der Waals surface area contributed by atoms with E-state index in [4.69, 9.17) is 5.73 Å². The lowest BCUT2D eigenvalue weighted by Gasteiger charge is -2.12. The van der Waals surface area contributed by atoms with Gasteiger partial charge in [-0.05, 0) is 29.8 Å². The fourth-order valence-electron chi connectivity index (χ4n) is 2.14. The van der Waals surface area contributed by atoms with Crippen molar-refractivity contribution in [1.29, 1.82) is 0 Å². The quantitative estimate of drug-likeness (QED) is 0.735. The lowest BCUT2D eigenvalue weighted by atomic mass is 10.0. The summed E-state index contributed by atoms with van der Waals surface area (Å²) in [5.74, 6) is 0.216. The Hall–Kier alpha value is -2.39. The highest BCUT2D eigenvalue weighted by Gasteiger charge is 2.11. The maximum absolute atomic E-state index is 9.50. The van der Waals surface area contributed by atoms with Gasteiger partial charge in [0, 0.05) is 5.39 Å². The average Bonchev–Trinajstić information content (AvgIpc) is 2.46. The van der Waals surface area contributed by atoms with E-state index in [-0.39, 0.29) is 11.8 Å². The molecule has 0 bridgehead atoms. The van der Waals surface area contributed by atoms with E-state index in [1.807, 2.05) is 42.5 Å². The number of fused-ring (bicyclic) bond motifs is 1. The molecule has 0 aliphatic heterocycles. The van der Waals surface area contributed by atoms with Crippen LogP contribution < -0.4 is 5.73 Å². The van der Waals surface area contributed by atoms with E-state index in [1.165, 1.54) is 0 Å². The Morgan fingerprint density at radius 3 is 2.63 bits per heavy atom. The molecule has 3 rings (SSSR count). The van der Waals surface area contributed by atoms with Gasteiger partial charge in [0.25, 0.3) is 0 Å². The summed E-state index contributed by atoms with van der Waals surface area (Å²) in [5, 5.41) is 10.6. The van der Waals surface area contributed by atoms with Gasteiger partial charge in [0.1, 0.15) is 5.75 Å². The fraction of sp³-hybridized carbons (Fsp3) is 0.0625. The molecule has 94 valence electrons. The van der Waals surface area contributed by atoms with Gasteiger partial charge in [-0.15, -0.1) is 0 Å². The number of nitrogens with zero attached hydrogens (tertiary/aromatic N) is 1. The Bertz CT molecular complexity index is 725. The number of rotatable bonds is 2. The number of hydrogen-bond acceptors (Lipinski definition) is 3. The molecule has 1 atom stereocenters. The number of benzene rings is 2. The minimum absolute atomic E-state index is 0.216. The molecule has 0 fully saturated rings. The summed E-state index contributed by atoms with van der Waals surface area (Å²) in [6, 6.07) is 18.5. The second-order valence-electron chi connectivity index (χ2n) is 4.50. The lowest BCUT2D eigenvalue weighted by molar-refractivity contribution is 0.474. The van der Waals surface area contributed by atoms with Crippen molar-refractivity contribution in [2.45, 2.75) is 6.04 Å². The number of phenols is 1. The average molecular weight is 250 g/mol. The lowest BCUT2D eigenvalue weighted by Crippen LogP contribution is -2.13. The van der Waals surface area contributed by atoms with Crippen molar-refractivity contribution >= 4 is 10.9 Å². The molecule has 0 amide bonds. The second kappa shape index (κ2) is 4.71. The van der Waals surface area contributed by atoms with Crippen LogP contribution in [0.3, 0.4) is 0 Å². The van der Waals surface area contributed by atoms with Gasteiger partial charge in [-0.25, -0.2) is 0 Å². The van der Waals surface area contributed by atoms with Crippen molar-refractivity contribution in [3.05, 3.63) is 71.9 Å². The molecule has 0 saturated heterocycles. The molecule has 3 aromatic rings. The highest BCUT2D eigenvalue weighted by atomic mass is 16.3. The first-order valence-corrected chi connectivity index (χ1v) is 6.14. The molecule has 0 aliphatic carbocycles. The van der Waals surface area contributed by atoms with E-state index in [1.54, 1.807) is 18.2 Å². The standard InChI is InChI=1S/C16H14N2O/c17-16(12-5-3-6-13(19)10-12)15-9-8-11-4-1-2-7-14(11)18-15/h1-10,16,19H,17H2. The molecule has 19 heavy (non-hydrogen) atoms. The van der Waals surface area contributed by atoms with Crippen LogP contribution in [0.1, 0.15) is 17.3 Å². The molecule has 3 nitrogen and oxygen atoms in total. The van der Waals surface area contributed by atoms with E-state index in [0.29, 0.717) is 0 Å². The molecule has 0 spiro atoms. The van der Waals surface area contributed by atoms with Crippen LogP contribution in [0.2, 0.25) is 0 Å². The van der Waals surface area contributed by atoms with Gasteiger partial charge in [-0.2, -0.15) is 0 Å². The van der Waals surface area contributed by atoms with Crippen molar-refractivity contribution in [2.75, 3.05) is 0 Å². The largest absolute Gasteiger partial charge is 0.508 e. The zero-order chi connectivity index (χ0) is 13.2. The predicted molar refractivity (Wildman–Crippen MR) is 75.9 cm³/mol. The number of hydrogen-bond donors (Lipinski definition) is 2. The number of para-hydroxylation sites is 1. The van der Waals surface area contributed by atoms with Crippen molar-refractivity contribution in [3.63, 3.8) is 0 Å². The van der Waals surface area contributed by atoms with Crippen molar-refractivity contribution in [1.82, 2.24) is 4.98 Å². The minimum Gasteiger partial charge on any atom is -0.508 e. The Morgan fingerprint density at radius 2 is 1.79 bits per heavy atom. The molecular weight excluding hydrogens is 236 g/mol. The van der Waals surface area contributed by atoms with E-state index < -0.39 is 0 Å². The van der Waals surface area contributed by atoms with Gasteiger partial charge >= 0.3 is 0 Å². The maximum Gasteiger partial charge on any atom is 0.115 e. The minimum atomic E-state index is -0.336. The van der Waals surface area contributed by atoms with E-state index in [2.05, 4.69) is 4.98 Å². The van der Waals surface area contributed by atoms with Crippen LogP contribution in [-0.4, -0.2) is 10.1 Å². The third-order valence-electron chi connectivity index (χ3n) is 3.17. The van der Waals surface area contributed by atoms with E-state index >= 15 is 0 Å². The van der Waals surface area contributed by atoms with Crippen LogP contribution in [0.15, 0.2) is 60.7 Å². The SMILES string of the molecule is NC(c1cccc(O)c1)c1ccc2ccccc2n1. The van der Waals surface area contributed by atoms with Crippen molar-refractivity contribution < 1.29 is 5.11 Å². The normalized spacial score (nSPS) is 12.5. The zero-order valence-electron chi connectivity index (χ0n) is 10.3. The van der Waals surface area contributed by atoms with Crippen LogP contribution in [-0.2, 0) is 0 Å². The first-order chi connectivity index (χ1) is 9.24. The number of aromatic nitrogens is 1. The molecule has 2 aromatic carbocycles. The number of aromatic hydroxyl groups is 1. The first kappa shape index (κ1) is 11.7. The topological polar surface area (TPSA) is 59.1 Å². The van der Waals surface area contributed by atoms with Crippen molar-refractivity contribution in [2.24, 2.45) is 5.73 Å². The first-order valence-electron chi connectivity index (χ1n) is 6.14. The third-order valence-corrected chi connectivity index (χ3v) is 3.17. The van der Waals surface area contributed by atoms with E-state index in [0.717, 1.165) is 22.2 Å². The van der Waals surface area contributed by atoms with Crippen LogP contribution in [0.5, 0.6) is 5.75 Å². The van der Waals surface area contributed by atoms with Crippen LogP contribution >= 0.6 is 0 Å². The molecule has 3 heteroatoms. The summed E-state index contributed by atoms with van der Waals surface area (Å²) in [4.78, 5) is 4.57. The highest BCUT2D eigenvalue weighted by molar-refractivity contribution is 5.78. The van der Waals surface area contributed by atoms with Gasteiger partial charge in [0.05, 0.1) is 17.3 Å². The van der Waals surface area contributed by atoms with Crippen LogP contribution in [0.25, 0.3) is 10.9 Å². The summed E-state index contributed by atoms with van der Waals surface area (Å²) in [6.45, 7) is 0. The molecule has 1 unspecified atom stereocenters. The molecule has 1 heterocycles. The van der Waals surface area contributed by atoms with Crippen LogP contribution in [0, 0.1) is 0 Å². The predicted octanol–water partition coefficient (Wildman–Crippen LogP) is 2.99. The maximum atomic E-state index is 9.50. The summed E-state index contributed by atoms with van der Waals surface area (Å²) >= 11 is 0. The summed E-state index contributed by atoms with van der Waals surface area (Å²) < 4.78 is 0.